The van der Waals surface area contributed by atoms with E-state index in [0.717, 1.165) is 19.4 Å². The van der Waals surface area contributed by atoms with Crippen molar-refractivity contribution < 1.29 is 9.53 Å². The number of thiophene rings is 1. The first-order valence-corrected chi connectivity index (χ1v) is 7.68. The number of alkyl halides is 1. The largest absolute Gasteiger partial charge is 0.376 e. The summed E-state index contributed by atoms with van der Waals surface area (Å²) in [5, 5.41) is 2.03. The van der Waals surface area contributed by atoms with Crippen molar-refractivity contribution in [1.29, 1.82) is 0 Å². The third-order valence-electron chi connectivity index (χ3n) is 3.04. The van der Waals surface area contributed by atoms with Crippen LogP contribution in [0.1, 0.15) is 24.1 Å². The average Bonchev–Trinajstić information content (AvgIpc) is 3.01. The van der Waals surface area contributed by atoms with Crippen LogP contribution in [-0.2, 0) is 16.1 Å². The summed E-state index contributed by atoms with van der Waals surface area (Å²) in [6.07, 6.45) is 2.75. The number of carbonyl (C=O) groups excluding carboxylic acids is 1. The van der Waals surface area contributed by atoms with Crippen molar-refractivity contribution in [2.24, 2.45) is 0 Å². The van der Waals surface area contributed by atoms with E-state index in [0.29, 0.717) is 25.4 Å². The molecule has 1 amide bonds. The minimum absolute atomic E-state index is 0.119. The molecule has 1 aliphatic heterocycles. The standard InChI is InChI=1S/C13H18ClNO2S/c14-6-5-13(16)15(9-11-3-1-7-17-11)10-12-4-2-8-18-12/h2,4,8,11H,1,3,5-7,9-10H2. The lowest BCUT2D eigenvalue weighted by Crippen LogP contribution is -2.36. The Hall–Kier alpha value is -0.580. The van der Waals surface area contributed by atoms with Gasteiger partial charge in [0.05, 0.1) is 12.6 Å². The molecule has 1 fully saturated rings. The lowest BCUT2D eigenvalue weighted by Gasteiger charge is -2.24. The third kappa shape index (κ3) is 3.97. The zero-order valence-electron chi connectivity index (χ0n) is 10.3. The molecule has 0 aromatic carbocycles. The minimum Gasteiger partial charge on any atom is -0.376 e. The number of ether oxygens (including phenoxy) is 1. The Bertz CT molecular complexity index is 363. The van der Waals surface area contributed by atoms with E-state index >= 15 is 0 Å². The summed E-state index contributed by atoms with van der Waals surface area (Å²) < 4.78 is 5.61. The Morgan fingerprint density at radius 1 is 1.61 bits per heavy atom. The van der Waals surface area contributed by atoms with Crippen LogP contribution in [0.5, 0.6) is 0 Å². The summed E-state index contributed by atoms with van der Waals surface area (Å²) in [5.41, 5.74) is 0. The van der Waals surface area contributed by atoms with Crippen LogP contribution in [-0.4, -0.2) is 35.9 Å². The summed E-state index contributed by atoms with van der Waals surface area (Å²) in [6.45, 7) is 2.18. The van der Waals surface area contributed by atoms with E-state index in [2.05, 4.69) is 6.07 Å². The molecule has 0 spiro atoms. The highest BCUT2D eigenvalue weighted by molar-refractivity contribution is 7.09. The quantitative estimate of drug-likeness (QED) is 0.753. The van der Waals surface area contributed by atoms with E-state index in [9.17, 15) is 4.79 Å². The van der Waals surface area contributed by atoms with Gasteiger partial charge < -0.3 is 9.64 Å². The van der Waals surface area contributed by atoms with Crippen molar-refractivity contribution in [1.82, 2.24) is 4.90 Å². The maximum absolute atomic E-state index is 12.0. The fourth-order valence-corrected chi connectivity index (χ4v) is 3.00. The lowest BCUT2D eigenvalue weighted by molar-refractivity contribution is -0.132. The number of amides is 1. The first-order valence-electron chi connectivity index (χ1n) is 6.27. The van der Waals surface area contributed by atoms with E-state index in [1.807, 2.05) is 16.3 Å². The van der Waals surface area contributed by atoms with E-state index < -0.39 is 0 Å². The molecule has 18 heavy (non-hydrogen) atoms. The summed E-state index contributed by atoms with van der Waals surface area (Å²) in [7, 11) is 0. The van der Waals surface area contributed by atoms with Crippen LogP contribution in [0.3, 0.4) is 0 Å². The Labute approximate surface area is 117 Å². The Kier molecular flexibility index (Phi) is 5.47. The molecule has 1 saturated heterocycles. The molecule has 1 unspecified atom stereocenters. The molecular weight excluding hydrogens is 270 g/mol. The van der Waals surface area contributed by atoms with Crippen molar-refractivity contribution in [2.45, 2.75) is 31.9 Å². The van der Waals surface area contributed by atoms with Crippen LogP contribution in [0.2, 0.25) is 0 Å². The maximum Gasteiger partial charge on any atom is 0.224 e. The van der Waals surface area contributed by atoms with E-state index in [-0.39, 0.29) is 12.0 Å². The number of hydrogen-bond donors (Lipinski definition) is 0. The number of halogens is 1. The van der Waals surface area contributed by atoms with Crippen molar-refractivity contribution in [3.05, 3.63) is 22.4 Å². The van der Waals surface area contributed by atoms with Crippen LogP contribution in [0, 0.1) is 0 Å². The van der Waals surface area contributed by atoms with Crippen molar-refractivity contribution in [3.8, 4) is 0 Å². The van der Waals surface area contributed by atoms with Gasteiger partial charge in [0.15, 0.2) is 0 Å². The molecule has 0 bridgehead atoms. The predicted molar refractivity (Wildman–Crippen MR) is 74.0 cm³/mol. The molecule has 5 heteroatoms. The van der Waals surface area contributed by atoms with Gasteiger partial charge in [-0.05, 0) is 24.3 Å². The first-order chi connectivity index (χ1) is 8.79. The Morgan fingerprint density at radius 3 is 3.11 bits per heavy atom. The highest BCUT2D eigenvalue weighted by atomic mass is 35.5. The molecule has 1 aromatic rings. The van der Waals surface area contributed by atoms with Gasteiger partial charge in [0, 0.05) is 30.3 Å². The Morgan fingerprint density at radius 2 is 2.50 bits per heavy atom. The summed E-state index contributed by atoms with van der Waals surface area (Å²) in [5.74, 6) is 0.500. The van der Waals surface area contributed by atoms with Gasteiger partial charge in [-0.15, -0.1) is 22.9 Å². The highest BCUT2D eigenvalue weighted by Gasteiger charge is 2.22. The second-order valence-corrected chi connectivity index (χ2v) is 5.84. The van der Waals surface area contributed by atoms with E-state index in [4.69, 9.17) is 16.3 Å². The monoisotopic (exact) mass is 287 g/mol. The molecule has 3 nitrogen and oxygen atoms in total. The van der Waals surface area contributed by atoms with E-state index in [1.165, 1.54) is 4.88 Å². The molecule has 1 atom stereocenters. The van der Waals surface area contributed by atoms with Gasteiger partial charge in [-0.1, -0.05) is 6.07 Å². The molecule has 100 valence electrons. The predicted octanol–water partition coefficient (Wildman–Crippen LogP) is 2.88. The second-order valence-electron chi connectivity index (χ2n) is 4.43. The van der Waals surface area contributed by atoms with Crippen LogP contribution < -0.4 is 0 Å². The summed E-state index contributed by atoms with van der Waals surface area (Å²) in [4.78, 5) is 15.1. The van der Waals surface area contributed by atoms with Crippen LogP contribution in [0.25, 0.3) is 0 Å². The molecule has 0 radical (unpaired) electrons. The fourth-order valence-electron chi connectivity index (χ4n) is 2.12. The molecule has 1 aromatic heterocycles. The second kappa shape index (κ2) is 7.12. The minimum atomic E-state index is 0.119. The van der Waals surface area contributed by atoms with Crippen LogP contribution >= 0.6 is 22.9 Å². The van der Waals surface area contributed by atoms with Gasteiger partial charge >= 0.3 is 0 Å². The first kappa shape index (κ1) is 13.8. The molecule has 2 heterocycles. The van der Waals surface area contributed by atoms with Crippen molar-refractivity contribution in [3.63, 3.8) is 0 Å². The van der Waals surface area contributed by atoms with Crippen molar-refractivity contribution in [2.75, 3.05) is 19.0 Å². The number of carbonyl (C=O) groups is 1. The zero-order chi connectivity index (χ0) is 12.8. The molecule has 1 aliphatic rings. The third-order valence-corrected chi connectivity index (χ3v) is 4.09. The highest BCUT2D eigenvalue weighted by Crippen LogP contribution is 2.17. The summed E-state index contributed by atoms with van der Waals surface area (Å²) in [6, 6.07) is 4.07. The normalized spacial score (nSPS) is 19.1. The lowest BCUT2D eigenvalue weighted by atomic mass is 10.2. The van der Waals surface area contributed by atoms with Gasteiger partial charge in [-0.25, -0.2) is 0 Å². The SMILES string of the molecule is O=C(CCCl)N(Cc1cccs1)CC1CCCO1. The number of rotatable bonds is 6. The number of hydrogen-bond acceptors (Lipinski definition) is 3. The number of nitrogens with zero attached hydrogens (tertiary/aromatic N) is 1. The van der Waals surface area contributed by atoms with Gasteiger partial charge in [0.2, 0.25) is 5.91 Å². The van der Waals surface area contributed by atoms with Gasteiger partial charge in [-0.3, -0.25) is 4.79 Å². The average molecular weight is 288 g/mol. The molecule has 0 aliphatic carbocycles. The van der Waals surface area contributed by atoms with Crippen LogP contribution in [0.4, 0.5) is 0 Å². The van der Waals surface area contributed by atoms with Gasteiger partial charge in [0.25, 0.3) is 0 Å². The van der Waals surface area contributed by atoms with Gasteiger partial charge in [0.1, 0.15) is 0 Å². The maximum atomic E-state index is 12.0. The summed E-state index contributed by atoms with van der Waals surface area (Å²) >= 11 is 7.34. The molecule has 0 N–H and O–H groups in total. The van der Waals surface area contributed by atoms with Gasteiger partial charge in [-0.2, -0.15) is 0 Å². The zero-order valence-corrected chi connectivity index (χ0v) is 11.9. The van der Waals surface area contributed by atoms with E-state index in [1.54, 1.807) is 11.3 Å². The smallest absolute Gasteiger partial charge is 0.224 e. The molecule has 0 saturated carbocycles. The van der Waals surface area contributed by atoms with Crippen molar-refractivity contribution >= 4 is 28.8 Å². The van der Waals surface area contributed by atoms with Crippen LogP contribution in [0.15, 0.2) is 17.5 Å². The Balaban J connectivity index is 1.94. The molecule has 2 rings (SSSR count). The fraction of sp³-hybridized carbons (Fsp3) is 0.615. The topological polar surface area (TPSA) is 29.5 Å². The molecular formula is C13H18ClNO2S.